The van der Waals surface area contributed by atoms with Crippen molar-refractivity contribution in [2.75, 3.05) is 18.9 Å². The van der Waals surface area contributed by atoms with Gasteiger partial charge in [-0.25, -0.2) is 14.5 Å². The van der Waals surface area contributed by atoms with Crippen molar-refractivity contribution in [2.24, 2.45) is 0 Å². The first-order valence-corrected chi connectivity index (χ1v) is 9.13. The van der Waals surface area contributed by atoms with Crippen molar-refractivity contribution in [3.63, 3.8) is 0 Å². The number of carbonyl (C=O) groups excluding carboxylic acids is 1. The highest BCUT2D eigenvalue weighted by Gasteiger charge is 2.11. The Morgan fingerprint density at radius 2 is 2.00 bits per heavy atom. The lowest BCUT2D eigenvalue weighted by molar-refractivity contribution is 0.253. The summed E-state index contributed by atoms with van der Waals surface area (Å²) in [6.45, 7) is 5.72. The van der Waals surface area contributed by atoms with E-state index in [9.17, 15) is 4.79 Å². The third kappa shape index (κ3) is 4.57. The van der Waals surface area contributed by atoms with Gasteiger partial charge in [0.15, 0.2) is 0 Å². The molecular weight excluding hydrogens is 368 g/mol. The van der Waals surface area contributed by atoms with Crippen LogP contribution in [-0.2, 0) is 0 Å². The monoisotopic (exact) mass is 392 g/mol. The quantitative estimate of drug-likeness (QED) is 0.481. The second kappa shape index (κ2) is 8.51. The molecule has 0 fully saturated rings. The highest BCUT2D eigenvalue weighted by Crippen LogP contribution is 2.20. The van der Waals surface area contributed by atoms with Crippen LogP contribution in [0.2, 0.25) is 0 Å². The summed E-state index contributed by atoms with van der Waals surface area (Å²) in [4.78, 5) is 20.8. The van der Waals surface area contributed by atoms with Gasteiger partial charge in [-0.2, -0.15) is 5.10 Å². The molecule has 0 saturated heterocycles. The summed E-state index contributed by atoms with van der Waals surface area (Å²) in [6.07, 6.45) is 5.14. The Balaban J connectivity index is 1.73. The molecule has 0 unspecified atom stereocenters. The third-order valence-electron chi connectivity index (χ3n) is 4.53. The van der Waals surface area contributed by atoms with Crippen molar-refractivity contribution in [1.29, 1.82) is 5.41 Å². The molecule has 2 amide bonds. The Bertz CT molecular complexity index is 1100. The maximum atomic E-state index is 12.2. The lowest BCUT2D eigenvalue weighted by Gasteiger charge is -2.12. The number of nitrogens with one attached hydrogen (secondary N) is 4. The Morgan fingerprint density at radius 3 is 2.69 bits per heavy atom. The van der Waals surface area contributed by atoms with E-state index in [-0.39, 0.29) is 6.54 Å². The molecule has 0 aliphatic carbocycles. The fourth-order valence-corrected chi connectivity index (χ4v) is 2.89. The molecule has 0 bridgehead atoms. The molecule has 9 heteroatoms. The maximum absolute atomic E-state index is 12.2. The Kier molecular flexibility index (Phi) is 5.87. The average molecular weight is 392 g/mol. The number of rotatable bonds is 6. The van der Waals surface area contributed by atoms with E-state index in [4.69, 9.17) is 5.41 Å². The molecule has 0 atom stereocenters. The van der Waals surface area contributed by atoms with Gasteiger partial charge in [-0.3, -0.25) is 10.3 Å². The fraction of sp³-hybridized carbons (Fsp3) is 0.250. The minimum Gasteiger partial charge on any atom is -0.391 e. The molecule has 9 nitrogen and oxygen atoms in total. The first kappa shape index (κ1) is 20.0. The highest BCUT2D eigenvalue weighted by molar-refractivity contribution is 5.98. The predicted molar refractivity (Wildman–Crippen MR) is 114 cm³/mol. The number of hydrogen-bond donors (Lipinski definition) is 4. The molecule has 3 aromatic heterocycles. The minimum atomic E-state index is -0.392. The van der Waals surface area contributed by atoms with Crippen LogP contribution in [0.4, 0.5) is 10.6 Å². The number of carbonyl (C=O) groups is 1. The first-order chi connectivity index (χ1) is 13.9. The number of fused-ring (bicyclic) bond motifs is 1. The van der Waals surface area contributed by atoms with Crippen LogP contribution < -0.4 is 16.0 Å². The maximum Gasteiger partial charge on any atom is 0.320 e. The van der Waals surface area contributed by atoms with Crippen LogP contribution in [0.15, 0.2) is 48.1 Å². The molecule has 0 spiro atoms. The number of nitrogens with zero attached hydrogens (tertiary/aromatic N) is 4. The summed E-state index contributed by atoms with van der Waals surface area (Å²) in [5, 5.41) is 21.6. The molecule has 4 N–H and O–H groups in total. The molecule has 3 rings (SSSR count). The molecule has 0 aliphatic rings. The average Bonchev–Trinajstić information content (AvgIpc) is 3.10. The van der Waals surface area contributed by atoms with Crippen molar-refractivity contribution in [3.05, 3.63) is 53.8 Å². The molecule has 3 aromatic rings. The summed E-state index contributed by atoms with van der Waals surface area (Å²) in [5.74, 6) is 0.419. The molecule has 29 heavy (non-hydrogen) atoms. The van der Waals surface area contributed by atoms with Crippen molar-refractivity contribution >= 4 is 28.5 Å². The van der Waals surface area contributed by atoms with E-state index in [0.717, 1.165) is 33.6 Å². The van der Waals surface area contributed by atoms with Crippen LogP contribution >= 0.6 is 0 Å². The van der Waals surface area contributed by atoms with Crippen molar-refractivity contribution in [1.82, 2.24) is 30.4 Å². The molecule has 150 valence electrons. The summed E-state index contributed by atoms with van der Waals surface area (Å²) >= 11 is 0. The van der Waals surface area contributed by atoms with Gasteiger partial charge in [0.05, 0.1) is 23.6 Å². The molecule has 0 saturated carbocycles. The fourth-order valence-electron chi connectivity index (χ4n) is 2.89. The topological polar surface area (TPSA) is 121 Å². The smallest absolute Gasteiger partial charge is 0.320 e. The number of urea groups is 1. The molecule has 0 radical (unpaired) electrons. The molecule has 0 aromatic carbocycles. The van der Waals surface area contributed by atoms with Crippen LogP contribution in [0, 0.1) is 12.3 Å². The van der Waals surface area contributed by atoms with E-state index in [0.29, 0.717) is 11.5 Å². The van der Waals surface area contributed by atoms with Gasteiger partial charge in [0.25, 0.3) is 0 Å². The van der Waals surface area contributed by atoms with E-state index >= 15 is 0 Å². The van der Waals surface area contributed by atoms with Gasteiger partial charge in [-0.05, 0) is 39.0 Å². The first-order valence-electron chi connectivity index (χ1n) is 9.13. The van der Waals surface area contributed by atoms with Gasteiger partial charge in [0, 0.05) is 47.9 Å². The number of anilines is 1. The van der Waals surface area contributed by atoms with Crippen LogP contribution in [0.25, 0.3) is 16.6 Å². The lowest BCUT2D eigenvalue weighted by atomic mass is 10.1. The second-order valence-corrected chi connectivity index (χ2v) is 6.63. The Hall–Kier alpha value is -3.75. The molecule has 3 heterocycles. The standard InChI is InChI=1S/C20H24N8O/c1-12-7-16(5-6-23-12)28-18-11-24-19(8-15(18)9-26-28)27-20(29)25-10-17(13(2)21)14(3)22-4/h5-9,11,21-22H,10H2,1-4H3,(H2,24,25,27,29)/b17-14-,21-13?. The predicted octanol–water partition coefficient (Wildman–Crippen LogP) is 2.78. The summed E-state index contributed by atoms with van der Waals surface area (Å²) in [7, 11) is 1.78. The number of amides is 2. The number of hydrogen-bond acceptors (Lipinski definition) is 6. The summed E-state index contributed by atoms with van der Waals surface area (Å²) in [5.41, 5.74) is 4.60. The zero-order valence-electron chi connectivity index (χ0n) is 16.9. The molecular formula is C20H24N8O. The van der Waals surface area contributed by atoms with E-state index in [2.05, 4.69) is 31.0 Å². The number of aromatic nitrogens is 4. The van der Waals surface area contributed by atoms with Gasteiger partial charge in [0.2, 0.25) is 0 Å². The highest BCUT2D eigenvalue weighted by atomic mass is 16.2. The van der Waals surface area contributed by atoms with E-state index < -0.39 is 6.03 Å². The van der Waals surface area contributed by atoms with Crippen LogP contribution in [-0.4, -0.2) is 45.1 Å². The van der Waals surface area contributed by atoms with E-state index in [1.807, 2.05) is 26.0 Å². The van der Waals surface area contributed by atoms with Gasteiger partial charge in [-0.15, -0.1) is 0 Å². The number of allylic oxidation sites excluding steroid dienone is 1. The zero-order valence-corrected chi connectivity index (χ0v) is 16.9. The van der Waals surface area contributed by atoms with Crippen molar-refractivity contribution in [2.45, 2.75) is 20.8 Å². The number of aryl methyl sites for hydroxylation is 1. The van der Waals surface area contributed by atoms with Crippen LogP contribution in [0.3, 0.4) is 0 Å². The summed E-state index contributed by atoms with van der Waals surface area (Å²) < 4.78 is 1.78. The van der Waals surface area contributed by atoms with Gasteiger partial charge in [0.1, 0.15) is 5.82 Å². The summed E-state index contributed by atoms with van der Waals surface area (Å²) in [6, 6.07) is 5.19. The van der Waals surface area contributed by atoms with Crippen LogP contribution in [0.5, 0.6) is 0 Å². The minimum absolute atomic E-state index is 0.245. The largest absolute Gasteiger partial charge is 0.391 e. The Labute approximate surface area is 168 Å². The second-order valence-electron chi connectivity index (χ2n) is 6.63. The van der Waals surface area contributed by atoms with Crippen molar-refractivity contribution < 1.29 is 4.79 Å². The lowest BCUT2D eigenvalue weighted by Crippen LogP contribution is -2.32. The van der Waals surface area contributed by atoms with Gasteiger partial charge < -0.3 is 16.0 Å². The SMILES string of the molecule is CN/C(C)=C(/CNC(=O)Nc1cc2cnn(-c3ccnc(C)c3)c2cn1)C(C)=N. The van der Waals surface area contributed by atoms with E-state index in [1.54, 1.807) is 43.3 Å². The molecule has 0 aliphatic heterocycles. The number of pyridine rings is 2. The van der Waals surface area contributed by atoms with Crippen molar-refractivity contribution in [3.8, 4) is 5.69 Å². The normalized spacial score (nSPS) is 11.7. The van der Waals surface area contributed by atoms with Crippen LogP contribution in [0.1, 0.15) is 19.5 Å². The van der Waals surface area contributed by atoms with E-state index in [1.165, 1.54) is 0 Å². The Morgan fingerprint density at radius 1 is 1.21 bits per heavy atom. The van der Waals surface area contributed by atoms with Gasteiger partial charge in [-0.1, -0.05) is 0 Å². The zero-order chi connectivity index (χ0) is 21.0. The third-order valence-corrected chi connectivity index (χ3v) is 4.53. The van der Waals surface area contributed by atoms with Gasteiger partial charge >= 0.3 is 6.03 Å².